The molecule has 3 rings (SSSR count). The van der Waals surface area contributed by atoms with Gasteiger partial charge in [0.25, 0.3) is 0 Å². The molecule has 2 N–H and O–H groups in total. The zero-order valence-electron chi connectivity index (χ0n) is 18.2. The molecule has 0 radical (unpaired) electrons. The summed E-state index contributed by atoms with van der Waals surface area (Å²) in [6, 6.07) is 0. The molecule has 0 aliphatic heterocycles. The largest absolute Gasteiger partial charge is 0.392 e. The monoisotopic (exact) mass is 389 g/mol. The van der Waals surface area contributed by atoms with Crippen molar-refractivity contribution in [3.05, 3.63) is 23.8 Å². The number of nitrogens with zero attached hydrogens (tertiary/aromatic N) is 1. The first-order chi connectivity index (χ1) is 13.5. The summed E-state index contributed by atoms with van der Waals surface area (Å²) < 4.78 is 0. The Morgan fingerprint density at radius 2 is 1.93 bits per heavy atom. The first-order valence-corrected chi connectivity index (χ1v) is 11.9. The van der Waals surface area contributed by atoms with Crippen LogP contribution in [-0.2, 0) is 0 Å². The molecular weight excluding hydrogens is 346 g/mol. The van der Waals surface area contributed by atoms with Crippen molar-refractivity contribution in [1.82, 2.24) is 4.90 Å². The number of fused-ring (bicyclic) bond motifs is 1. The Morgan fingerprint density at radius 3 is 2.68 bits per heavy atom. The molecule has 5 atom stereocenters. The van der Waals surface area contributed by atoms with Crippen LogP contribution in [0.5, 0.6) is 0 Å². The van der Waals surface area contributed by atoms with Gasteiger partial charge in [-0.05, 0) is 76.9 Å². The standard InChI is InChI=1S/C25H43NO2/c1-26(2)14-8-4-7-11-20-15-21-18-25(28)23(24(21)17-20)13-12-22(27)16-19-9-5-3-6-10-19/h12-13,15,19,21-25,27-28H,3-11,14,16-18H2,1-2H3/t21-,22-,23+,24-,25+/m0/s1. The van der Waals surface area contributed by atoms with Gasteiger partial charge in [0.15, 0.2) is 0 Å². The third-order valence-electron chi connectivity index (χ3n) is 7.41. The number of aliphatic hydroxyl groups is 2. The van der Waals surface area contributed by atoms with Crippen LogP contribution in [0.1, 0.15) is 77.0 Å². The van der Waals surface area contributed by atoms with Gasteiger partial charge in [-0.25, -0.2) is 0 Å². The highest BCUT2D eigenvalue weighted by atomic mass is 16.3. The Bertz CT molecular complexity index is 521. The fourth-order valence-electron chi connectivity index (χ4n) is 5.85. The summed E-state index contributed by atoms with van der Waals surface area (Å²) in [5.41, 5.74) is 1.62. The van der Waals surface area contributed by atoms with Gasteiger partial charge in [0, 0.05) is 5.92 Å². The zero-order chi connectivity index (χ0) is 19.9. The van der Waals surface area contributed by atoms with Gasteiger partial charge in [-0.2, -0.15) is 0 Å². The van der Waals surface area contributed by atoms with Crippen molar-refractivity contribution in [1.29, 1.82) is 0 Å². The van der Waals surface area contributed by atoms with Crippen LogP contribution in [0.15, 0.2) is 23.8 Å². The topological polar surface area (TPSA) is 43.7 Å². The SMILES string of the molecule is CN(C)CCCCCC1=C[C@H]2C[C@@H](O)[C@H](C=C[C@H](O)CC3CCCCC3)[C@H]2C1. The molecule has 3 aliphatic carbocycles. The predicted octanol–water partition coefficient (Wildman–Crippen LogP) is 4.94. The number of rotatable bonds is 10. The van der Waals surface area contributed by atoms with E-state index in [0.29, 0.717) is 17.8 Å². The molecule has 0 saturated heterocycles. The zero-order valence-corrected chi connectivity index (χ0v) is 18.2. The highest BCUT2D eigenvalue weighted by Gasteiger charge is 2.43. The van der Waals surface area contributed by atoms with Crippen LogP contribution in [0.25, 0.3) is 0 Å². The van der Waals surface area contributed by atoms with E-state index in [1.54, 1.807) is 5.57 Å². The molecular formula is C25H43NO2. The van der Waals surface area contributed by atoms with Gasteiger partial charge in [0.05, 0.1) is 12.2 Å². The minimum absolute atomic E-state index is 0.230. The van der Waals surface area contributed by atoms with Gasteiger partial charge in [-0.15, -0.1) is 0 Å². The van der Waals surface area contributed by atoms with Crippen molar-refractivity contribution in [3.63, 3.8) is 0 Å². The number of aliphatic hydroxyl groups excluding tert-OH is 2. The van der Waals surface area contributed by atoms with Gasteiger partial charge >= 0.3 is 0 Å². The lowest BCUT2D eigenvalue weighted by Gasteiger charge is -2.23. The second-order valence-electron chi connectivity index (χ2n) is 10.0. The molecule has 0 amide bonds. The second kappa shape index (κ2) is 10.9. The Kier molecular flexibility index (Phi) is 8.62. The summed E-state index contributed by atoms with van der Waals surface area (Å²) in [5.74, 6) is 2.04. The van der Waals surface area contributed by atoms with E-state index in [9.17, 15) is 10.2 Å². The summed E-state index contributed by atoms with van der Waals surface area (Å²) in [6.45, 7) is 1.19. The Balaban J connectivity index is 1.42. The van der Waals surface area contributed by atoms with Crippen molar-refractivity contribution >= 4 is 0 Å². The number of unbranched alkanes of at least 4 members (excludes halogenated alkanes) is 2. The van der Waals surface area contributed by atoms with Crippen LogP contribution in [-0.4, -0.2) is 48.0 Å². The van der Waals surface area contributed by atoms with Gasteiger partial charge in [0.1, 0.15) is 0 Å². The van der Waals surface area contributed by atoms with Gasteiger partial charge in [-0.3, -0.25) is 0 Å². The van der Waals surface area contributed by atoms with Crippen molar-refractivity contribution in [3.8, 4) is 0 Å². The average Bonchev–Trinajstić information content (AvgIpc) is 3.16. The minimum atomic E-state index is -0.333. The van der Waals surface area contributed by atoms with Gasteiger partial charge in [0.2, 0.25) is 0 Å². The fraction of sp³-hybridized carbons (Fsp3) is 0.840. The summed E-state index contributed by atoms with van der Waals surface area (Å²) in [6.07, 6.45) is 20.8. The molecule has 0 aromatic carbocycles. The second-order valence-corrected chi connectivity index (χ2v) is 10.0. The third kappa shape index (κ3) is 6.43. The van der Waals surface area contributed by atoms with E-state index in [1.807, 2.05) is 6.08 Å². The molecule has 0 bridgehead atoms. The molecule has 0 spiro atoms. The maximum Gasteiger partial charge on any atom is 0.0723 e. The molecule has 160 valence electrons. The predicted molar refractivity (Wildman–Crippen MR) is 117 cm³/mol. The van der Waals surface area contributed by atoms with Crippen LogP contribution in [0.2, 0.25) is 0 Å². The van der Waals surface area contributed by atoms with E-state index >= 15 is 0 Å². The van der Waals surface area contributed by atoms with E-state index < -0.39 is 0 Å². The molecule has 3 aliphatic rings. The quantitative estimate of drug-likeness (QED) is 0.411. The molecule has 0 unspecified atom stereocenters. The van der Waals surface area contributed by atoms with Gasteiger partial charge in [-0.1, -0.05) is 62.3 Å². The van der Waals surface area contributed by atoms with E-state index in [2.05, 4.69) is 31.1 Å². The molecule has 0 aromatic rings. The Morgan fingerprint density at radius 1 is 1.14 bits per heavy atom. The van der Waals surface area contributed by atoms with E-state index in [0.717, 1.165) is 19.3 Å². The van der Waals surface area contributed by atoms with E-state index in [1.165, 1.54) is 64.3 Å². The van der Waals surface area contributed by atoms with Crippen LogP contribution in [0, 0.1) is 23.7 Å². The lowest BCUT2D eigenvalue weighted by atomic mass is 9.84. The summed E-state index contributed by atoms with van der Waals surface area (Å²) >= 11 is 0. The normalized spacial score (nSPS) is 32.2. The summed E-state index contributed by atoms with van der Waals surface area (Å²) in [7, 11) is 4.29. The van der Waals surface area contributed by atoms with E-state index in [4.69, 9.17) is 0 Å². The molecule has 3 nitrogen and oxygen atoms in total. The number of allylic oxidation sites excluding steroid dienone is 2. The van der Waals surface area contributed by atoms with Crippen LogP contribution in [0.3, 0.4) is 0 Å². The molecule has 2 fully saturated rings. The highest BCUT2D eigenvalue weighted by molar-refractivity contribution is 5.21. The summed E-state index contributed by atoms with van der Waals surface area (Å²) in [5, 5.41) is 21.0. The maximum absolute atomic E-state index is 10.5. The van der Waals surface area contributed by atoms with Crippen molar-refractivity contribution < 1.29 is 10.2 Å². The molecule has 0 aromatic heterocycles. The maximum atomic E-state index is 10.5. The molecule has 0 heterocycles. The summed E-state index contributed by atoms with van der Waals surface area (Å²) in [4.78, 5) is 2.26. The highest BCUT2D eigenvalue weighted by Crippen LogP contribution is 2.48. The molecule has 2 saturated carbocycles. The Labute approximate surface area is 172 Å². The molecule has 3 heteroatoms. The van der Waals surface area contributed by atoms with Gasteiger partial charge < -0.3 is 15.1 Å². The number of hydrogen-bond donors (Lipinski definition) is 2. The minimum Gasteiger partial charge on any atom is -0.392 e. The first kappa shape index (κ1) is 22.1. The van der Waals surface area contributed by atoms with Crippen molar-refractivity contribution in [2.24, 2.45) is 23.7 Å². The van der Waals surface area contributed by atoms with Crippen molar-refractivity contribution in [2.75, 3.05) is 20.6 Å². The molecule has 28 heavy (non-hydrogen) atoms. The number of hydrogen-bond acceptors (Lipinski definition) is 3. The Hall–Kier alpha value is -0.640. The smallest absolute Gasteiger partial charge is 0.0723 e. The average molecular weight is 390 g/mol. The van der Waals surface area contributed by atoms with E-state index in [-0.39, 0.29) is 18.1 Å². The van der Waals surface area contributed by atoms with Crippen LogP contribution in [0.4, 0.5) is 0 Å². The third-order valence-corrected chi connectivity index (χ3v) is 7.41. The first-order valence-electron chi connectivity index (χ1n) is 11.9. The fourth-order valence-corrected chi connectivity index (χ4v) is 5.85. The van der Waals surface area contributed by atoms with Crippen molar-refractivity contribution in [2.45, 2.75) is 89.3 Å². The lowest BCUT2D eigenvalue weighted by Crippen LogP contribution is -2.19. The van der Waals surface area contributed by atoms with Crippen LogP contribution < -0.4 is 0 Å². The van der Waals surface area contributed by atoms with Crippen LogP contribution >= 0.6 is 0 Å². The lowest BCUT2D eigenvalue weighted by molar-refractivity contribution is 0.138.